The normalized spacial score (nSPS) is 23.9. The molecule has 140 valence electrons. The molecule has 2 fully saturated rings. The van der Waals surface area contributed by atoms with Gasteiger partial charge < -0.3 is 9.64 Å². The molecule has 0 bridgehead atoms. The van der Waals surface area contributed by atoms with Crippen LogP contribution in [0.25, 0.3) is 0 Å². The molecule has 0 amide bonds. The molecule has 2 aliphatic rings. The summed E-state index contributed by atoms with van der Waals surface area (Å²) >= 11 is 0. The van der Waals surface area contributed by atoms with Crippen LogP contribution in [0, 0.1) is 5.92 Å². The lowest BCUT2D eigenvalue weighted by atomic mass is 9.87. The van der Waals surface area contributed by atoms with Crippen molar-refractivity contribution in [1.29, 1.82) is 0 Å². The molecule has 2 heterocycles. The molecular weight excluding hydrogens is 336 g/mol. The average molecular weight is 367 g/mol. The number of hydrogen-bond acceptors (Lipinski definition) is 4. The summed E-state index contributed by atoms with van der Waals surface area (Å²) in [6.07, 6.45) is 1.12. The van der Waals surface area contributed by atoms with Crippen LogP contribution < -0.4 is 0 Å². The standard InChI is InChI=1S/C19H30N2O3S/c1-19(2,3)17-4-6-18(7-5-17)25(22,23)21-11-9-20(10-12-21)14-16-8-13-24-15-16/h4-7,16H,8-15H2,1-3H3/t16-/m1/s1. The van der Waals surface area contributed by atoms with E-state index in [1.165, 1.54) is 0 Å². The first-order valence-corrected chi connectivity index (χ1v) is 10.6. The highest BCUT2D eigenvalue weighted by atomic mass is 32.2. The van der Waals surface area contributed by atoms with Crippen LogP contribution in [0.5, 0.6) is 0 Å². The van der Waals surface area contributed by atoms with Crippen molar-refractivity contribution in [2.24, 2.45) is 5.92 Å². The summed E-state index contributed by atoms with van der Waals surface area (Å²) in [5, 5.41) is 0. The molecule has 0 aliphatic carbocycles. The molecule has 0 radical (unpaired) electrons. The van der Waals surface area contributed by atoms with Gasteiger partial charge in [-0.2, -0.15) is 4.31 Å². The summed E-state index contributed by atoms with van der Waals surface area (Å²) in [5.41, 5.74) is 1.17. The Kier molecular flexibility index (Phi) is 5.54. The first kappa shape index (κ1) is 18.8. The van der Waals surface area contributed by atoms with Crippen molar-refractivity contribution in [2.45, 2.75) is 37.5 Å². The van der Waals surface area contributed by atoms with Crippen molar-refractivity contribution < 1.29 is 13.2 Å². The topological polar surface area (TPSA) is 49.9 Å². The molecule has 6 heteroatoms. The smallest absolute Gasteiger partial charge is 0.243 e. The molecule has 1 atom stereocenters. The summed E-state index contributed by atoms with van der Waals surface area (Å²) in [7, 11) is -3.39. The van der Waals surface area contributed by atoms with E-state index in [-0.39, 0.29) is 5.41 Å². The predicted molar refractivity (Wildman–Crippen MR) is 99.3 cm³/mol. The van der Waals surface area contributed by atoms with Gasteiger partial charge in [0, 0.05) is 39.3 Å². The fraction of sp³-hybridized carbons (Fsp3) is 0.684. The molecule has 0 saturated carbocycles. The molecule has 0 spiro atoms. The molecule has 3 rings (SSSR count). The summed E-state index contributed by atoms with van der Waals surface area (Å²) in [6, 6.07) is 7.36. The fourth-order valence-corrected chi connectivity index (χ4v) is 4.94. The molecule has 2 aliphatic heterocycles. The maximum atomic E-state index is 12.9. The Bertz CT molecular complexity index is 666. The van der Waals surface area contributed by atoms with Crippen LogP contribution in [0.4, 0.5) is 0 Å². The van der Waals surface area contributed by atoms with E-state index in [4.69, 9.17) is 4.74 Å². The first-order valence-electron chi connectivity index (χ1n) is 9.17. The van der Waals surface area contributed by atoms with E-state index in [0.29, 0.717) is 23.9 Å². The molecule has 25 heavy (non-hydrogen) atoms. The van der Waals surface area contributed by atoms with E-state index in [2.05, 4.69) is 25.7 Å². The Labute approximate surface area is 152 Å². The van der Waals surface area contributed by atoms with Gasteiger partial charge in [0.25, 0.3) is 0 Å². The van der Waals surface area contributed by atoms with E-state index in [1.807, 2.05) is 12.1 Å². The quantitative estimate of drug-likeness (QED) is 0.821. The zero-order valence-electron chi connectivity index (χ0n) is 15.6. The molecule has 1 aromatic carbocycles. The minimum Gasteiger partial charge on any atom is -0.381 e. The van der Waals surface area contributed by atoms with Crippen LogP contribution >= 0.6 is 0 Å². The minimum absolute atomic E-state index is 0.0257. The number of rotatable bonds is 4. The van der Waals surface area contributed by atoms with Crippen molar-refractivity contribution in [3.63, 3.8) is 0 Å². The number of nitrogens with zero attached hydrogens (tertiary/aromatic N) is 2. The van der Waals surface area contributed by atoms with Crippen LogP contribution in [0.1, 0.15) is 32.8 Å². The van der Waals surface area contributed by atoms with Crippen molar-refractivity contribution in [3.05, 3.63) is 29.8 Å². The van der Waals surface area contributed by atoms with Crippen LogP contribution in [0.3, 0.4) is 0 Å². The second-order valence-corrected chi connectivity index (χ2v) is 10.1. The largest absolute Gasteiger partial charge is 0.381 e. The highest BCUT2D eigenvalue weighted by molar-refractivity contribution is 7.89. The van der Waals surface area contributed by atoms with E-state index in [1.54, 1.807) is 16.4 Å². The van der Waals surface area contributed by atoms with Crippen LogP contribution in [-0.2, 0) is 20.2 Å². The zero-order valence-corrected chi connectivity index (χ0v) is 16.4. The third-order valence-electron chi connectivity index (χ3n) is 5.23. The Morgan fingerprint density at radius 1 is 1.08 bits per heavy atom. The average Bonchev–Trinajstić information content (AvgIpc) is 3.08. The van der Waals surface area contributed by atoms with E-state index < -0.39 is 10.0 Å². The van der Waals surface area contributed by atoms with Gasteiger partial charge in [-0.05, 0) is 35.4 Å². The highest BCUT2D eigenvalue weighted by Crippen LogP contribution is 2.25. The molecule has 0 unspecified atom stereocenters. The third-order valence-corrected chi connectivity index (χ3v) is 7.14. The van der Waals surface area contributed by atoms with Gasteiger partial charge in [0.05, 0.1) is 11.5 Å². The van der Waals surface area contributed by atoms with Gasteiger partial charge in [0.2, 0.25) is 10.0 Å². The van der Waals surface area contributed by atoms with Crippen LogP contribution in [0.2, 0.25) is 0 Å². The number of benzene rings is 1. The SMILES string of the molecule is CC(C)(C)c1ccc(S(=O)(=O)N2CCN(C[C@H]3CCOC3)CC2)cc1. The van der Waals surface area contributed by atoms with Crippen molar-refractivity contribution in [3.8, 4) is 0 Å². The number of ether oxygens (including phenoxy) is 1. The van der Waals surface area contributed by atoms with Crippen molar-refractivity contribution >= 4 is 10.0 Å². The Balaban J connectivity index is 1.61. The lowest BCUT2D eigenvalue weighted by Crippen LogP contribution is -2.49. The van der Waals surface area contributed by atoms with Gasteiger partial charge in [-0.3, -0.25) is 0 Å². The lowest BCUT2D eigenvalue weighted by molar-refractivity contribution is 0.143. The van der Waals surface area contributed by atoms with E-state index in [0.717, 1.165) is 44.8 Å². The van der Waals surface area contributed by atoms with Crippen LogP contribution in [0.15, 0.2) is 29.2 Å². The van der Waals surface area contributed by atoms with Gasteiger partial charge in [0.15, 0.2) is 0 Å². The number of piperazine rings is 1. The Morgan fingerprint density at radius 2 is 1.72 bits per heavy atom. The molecule has 1 aromatic rings. The Hall–Kier alpha value is -0.950. The third kappa shape index (κ3) is 4.42. The van der Waals surface area contributed by atoms with Crippen LogP contribution in [-0.4, -0.2) is 63.6 Å². The maximum absolute atomic E-state index is 12.9. The predicted octanol–water partition coefficient (Wildman–Crippen LogP) is 2.33. The fourth-order valence-electron chi connectivity index (χ4n) is 3.52. The van der Waals surface area contributed by atoms with Gasteiger partial charge in [-0.15, -0.1) is 0 Å². The summed E-state index contributed by atoms with van der Waals surface area (Å²) in [4.78, 5) is 2.77. The first-order chi connectivity index (χ1) is 11.8. The van der Waals surface area contributed by atoms with Gasteiger partial charge >= 0.3 is 0 Å². The van der Waals surface area contributed by atoms with Gasteiger partial charge in [-0.1, -0.05) is 32.9 Å². The lowest BCUT2D eigenvalue weighted by Gasteiger charge is -2.35. The number of hydrogen-bond donors (Lipinski definition) is 0. The monoisotopic (exact) mass is 366 g/mol. The Morgan fingerprint density at radius 3 is 2.24 bits per heavy atom. The minimum atomic E-state index is -3.39. The second kappa shape index (κ2) is 7.35. The second-order valence-electron chi connectivity index (χ2n) is 8.21. The highest BCUT2D eigenvalue weighted by Gasteiger charge is 2.30. The summed E-state index contributed by atoms with van der Waals surface area (Å²) in [5.74, 6) is 0.605. The molecule has 5 nitrogen and oxygen atoms in total. The molecular formula is C19H30N2O3S. The zero-order chi connectivity index (χ0) is 18.1. The summed E-state index contributed by atoms with van der Waals surface area (Å²) < 4.78 is 32.8. The van der Waals surface area contributed by atoms with E-state index >= 15 is 0 Å². The molecule has 2 saturated heterocycles. The van der Waals surface area contributed by atoms with Gasteiger partial charge in [0.1, 0.15) is 0 Å². The molecule has 0 N–H and O–H groups in total. The number of sulfonamides is 1. The molecule has 0 aromatic heterocycles. The van der Waals surface area contributed by atoms with Gasteiger partial charge in [-0.25, -0.2) is 8.42 Å². The maximum Gasteiger partial charge on any atom is 0.243 e. The van der Waals surface area contributed by atoms with Crippen molar-refractivity contribution in [2.75, 3.05) is 45.9 Å². The summed E-state index contributed by atoms with van der Waals surface area (Å²) in [6.45, 7) is 11.9. The van der Waals surface area contributed by atoms with E-state index in [9.17, 15) is 8.42 Å². The van der Waals surface area contributed by atoms with Crippen molar-refractivity contribution in [1.82, 2.24) is 9.21 Å².